The van der Waals surface area contributed by atoms with Gasteiger partial charge in [0, 0.05) is 26.8 Å². The average Bonchev–Trinajstić information content (AvgIpc) is 3.17. The topological polar surface area (TPSA) is 104 Å². The summed E-state index contributed by atoms with van der Waals surface area (Å²) >= 11 is 6.98. The molecule has 0 unspecified atom stereocenters. The van der Waals surface area contributed by atoms with Crippen molar-refractivity contribution >= 4 is 76.5 Å². The Morgan fingerprint density at radius 3 is 2.76 bits per heavy atom. The monoisotopic (exact) mass is 513 g/mol. The molecule has 0 radical (unpaired) electrons. The quantitative estimate of drug-likeness (QED) is 0.284. The van der Waals surface area contributed by atoms with Crippen LogP contribution < -0.4 is 0 Å². The number of halogens is 2. The number of para-hydroxylation sites is 1. The molecule has 3 aromatic heterocycles. The second-order valence-corrected chi connectivity index (χ2v) is 8.42. The summed E-state index contributed by atoms with van der Waals surface area (Å²) in [5.74, 6) is 0.102. The molecule has 0 aliphatic rings. The van der Waals surface area contributed by atoms with Crippen molar-refractivity contribution in [2.45, 2.75) is 6.92 Å². The number of rotatable bonds is 2. The number of aromatic hydroxyl groups is 1. The second kappa shape index (κ2) is 6.60. The number of aromatic amines is 1. The molecule has 2 aromatic carbocycles. The molecule has 0 atom stereocenters. The van der Waals surface area contributed by atoms with Gasteiger partial charge in [0.1, 0.15) is 5.52 Å². The van der Waals surface area contributed by atoms with E-state index in [0.29, 0.717) is 16.9 Å². The number of hydrogen-bond acceptors (Lipinski definition) is 6. The number of hydrogen-bond donors (Lipinski definition) is 2. The number of nitrogens with one attached hydrogen (secondary N) is 1. The third-order valence-electron chi connectivity index (χ3n) is 4.83. The van der Waals surface area contributed by atoms with E-state index in [1.165, 1.54) is 0 Å². The van der Waals surface area contributed by atoms with E-state index < -0.39 is 0 Å². The third-order valence-corrected chi connectivity index (χ3v) is 5.90. The SMILES string of the molecule is Cc1cccc2c1[nH]c1nc(N=Nc3c(O)n(C)c4c(Br)cc(Br)cc34)nnc12. The van der Waals surface area contributed by atoms with Crippen molar-refractivity contribution in [3.05, 3.63) is 44.8 Å². The highest BCUT2D eigenvalue weighted by Crippen LogP contribution is 2.42. The van der Waals surface area contributed by atoms with E-state index in [2.05, 4.69) is 62.3 Å². The van der Waals surface area contributed by atoms with Gasteiger partial charge in [0.15, 0.2) is 11.3 Å². The van der Waals surface area contributed by atoms with Crippen molar-refractivity contribution in [2.75, 3.05) is 0 Å². The van der Waals surface area contributed by atoms with E-state index in [4.69, 9.17) is 0 Å². The lowest BCUT2D eigenvalue weighted by molar-refractivity contribution is 0.436. The van der Waals surface area contributed by atoms with Gasteiger partial charge in [-0.25, -0.2) is 0 Å². The molecule has 5 rings (SSSR count). The molecule has 2 N–H and O–H groups in total. The Hall–Kier alpha value is -2.85. The number of aromatic nitrogens is 5. The molecule has 5 aromatic rings. The molecule has 0 saturated heterocycles. The van der Waals surface area contributed by atoms with Crippen molar-refractivity contribution < 1.29 is 5.11 Å². The van der Waals surface area contributed by atoms with E-state index in [9.17, 15) is 5.11 Å². The van der Waals surface area contributed by atoms with Gasteiger partial charge in [0.05, 0.1) is 11.0 Å². The van der Waals surface area contributed by atoms with Gasteiger partial charge in [-0.2, -0.15) is 4.98 Å². The van der Waals surface area contributed by atoms with Gasteiger partial charge < -0.3 is 14.7 Å². The maximum absolute atomic E-state index is 10.5. The molecule has 8 nitrogen and oxygen atoms in total. The second-order valence-electron chi connectivity index (χ2n) is 6.65. The van der Waals surface area contributed by atoms with Crippen LogP contribution in [0.25, 0.3) is 33.0 Å². The number of H-pyrrole nitrogens is 1. The van der Waals surface area contributed by atoms with Crippen LogP contribution in [-0.2, 0) is 7.05 Å². The van der Waals surface area contributed by atoms with E-state index in [1.807, 2.05) is 37.3 Å². The largest absolute Gasteiger partial charge is 0.493 e. The van der Waals surface area contributed by atoms with E-state index >= 15 is 0 Å². The van der Waals surface area contributed by atoms with Crippen LogP contribution in [0.3, 0.4) is 0 Å². The molecule has 29 heavy (non-hydrogen) atoms. The van der Waals surface area contributed by atoms with Gasteiger partial charge in [-0.1, -0.05) is 34.1 Å². The van der Waals surface area contributed by atoms with Crippen LogP contribution in [0.4, 0.5) is 11.6 Å². The Morgan fingerprint density at radius 1 is 1.10 bits per heavy atom. The summed E-state index contributed by atoms with van der Waals surface area (Å²) in [7, 11) is 1.76. The fraction of sp³-hybridized carbons (Fsp3) is 0.105. The minimum Gasteiger partial charge on any atom is -0.493 e. The zero-order valence-electron chi connectivity index (χ0n) is 15.3. The van der Waals surface area contributed by atoms with Crippen LogP contribution in [0, 0.1) is 6.92 Å². The molecule has 0 bridgehead atoms. The first-order chi connectivity index (χ1) is 13.9. The molecule has 3 heterocycles. The number of azo groups is 1. The van der Waals surface area contributed by atoms with Crippen LogP contribution in [0.5, 0.6) is 5.88 Å². The molecule has 0 spiro atoms. The van der Waals surface area contributed by atoms with Crippen molar-refractivity contribution in [1.82, 2.24) is 24.7 Å². The van der Waals surface area contributed by atoms with Gasteiger partial charge in [-0.15, -0.1) is 20.4 Å². The predicted molar refractivity (Wildman–Crippen MR) is 118 cm³/mol. The van der Waals surface area contributed by atoms with Gasteiger partial charge in [-0.3, -0.25) is 0 Å². The summed E-state index contributed by atoms with van der Waals surface area (Å²) < 4.78 is 3.32. The summed E-state index contributed by atoms with van der Waals surface area (Å²) in [5.41, 5.74) is 4.48. The molecule has 144 valence electrons. The number of aryl methyl sites for hydroxylation is 2. The summed E-state index contributed by atoms with van der Waals surface area (Å²) in [6, 6.07) is 9.74. The number of nitrogens with zero attached hydrogens (tertiary/aromatic N) is 6. The number of fused-ring (bicyclic) bond motifs is 4. The summed E-state index contributed by atoms with van der Waals surface area (Å²) in [6.07, 6.45) is 0. The zero-order chi connectivity index (χ0) is 20.3. The minimum atomic E-state index is -0.00201. The Labute approximate surface area is 180 Å². The van der Waals surface area contributed by atoms with Crippen molar-refractivity contribution in [3.8, 4) is 5.88 Å². The molecule has 10 heteroatoms. The van der Waals surface area contributed by atoms with Gasteiger partial charge in [-0.05, 0) is 40.5 Å². The molecular weight excluding hydrogens is 502 g/mol. The fourth-order valence-corrected chi connectivity index (χ4v) is 4.93. The average molecular weight is 515 g/mol. The van der Waals surface area contributed by atoms with Crippen molar-refractivity contribution in [2.24, 2.45) is 17.3 Å². The lowest BCUT2D eigenvalue weighted by atomic mass is 10.1. The lowest BCUT2D eigenvalue weighted by Crippen LogP contribution is -1.86. The molecular formula is C19H13Br2N7O. The molecule has 0 aliphatic carbocycles. The first-order valence-electron chi connectivity index (χ1n) is 8.64. The highest BCUT2D eigenvalue weighted by molar-refractivity contribution is 9.11. The maximum atomic E-state index is 10.5. The standard InChI is InChI=1S/C19H13Br2N7O/c1-8-4-3-5-10-13(8)22-17-14(10)24-26-19(23-17)27-25-15-11-6-9(20)7-12(21)16(11)28(2)18(15)29/h3-7,29H,1-2H3,(H,22,23,26). The van der Waals surface area contributed by atoms with E-state index in [1.54, 1.807) is 11.6 Å². The number of benzene rings is 2. The molecule has 0 aliphatic heterocycles. The predicted octanol–water partition coefficient (Wildman–Crippen LogP) is 5.95. The van der Waals surface area contributed by atoms with Gasteiger partial charge >= 0.3 is 0 Å². The van der Waals surface area contributed by atoms with E-state index in [-0.39, 0.29) is 11.8 Å². The molecule has 0 fully saturated rings. The van der Waals surface area contributed by atoms with Crippen molar-refractivity contribution in [3.63, 3.8) is 0 Å². The normalized spacial score (nSPS) is 12.1. The molecule has 0 amide bonds. The smallest absolute Gasteiger partial charge is 0.289 e. The highest BCUT2D eigenvalue weighted by Gasteiger charge is 2.18. The summed E-state index contributed by atoms with van der Waals surface area (Å²) in [5, 5.41) is 28.9. The molecule has 0 saturated carbocycles. The minimum absolute atomic E-state index is 0.00201. The summed E-state index contributed by atoms with van der Waals surface area (Å²) in [4.78, 5) is 7.69. The summed E-state index contributed by atoms with van der Waals surface area (Å²) in [6.45, 7) is 2.02. The van der Waals surface area contributed by atoms with E-state index in [0.717, 1.165) is 36.3 Å². The first-order valence-corrected chi connectivity index (χ1v) is 10.2. The van der Waals surface area contributed by atoms with Crippen LogP contribution in [0.15, 0.2) is 49.5 Å². The Balaban J connectivity index is 1.63. The third kappa shape index (κ3) is 2.82. The first kappa shape index (κ1) is 18.2. The highest BCUT2D eigenvalue weighted by atomic mass is 79.9. The van der Waals surface area contributed by atoms with Crippen LogP contribution in [0.2, 0.25) is 0 Å². The van der Waals surface area contributed by atoms with Crippen LogP contribution in [0.1, 0.15) is 5.56 Å². The van der Waals surface area contributed by atoms with Crippen molar-refractivity contribution in [1.29, 1.82) is 0 Å². The van der Waals surface area contributed by atoms with Gasteiger partial charge in [0.2, 0.25) is 5.88 Å². The van der Waals surface area contributed by atoms with Gasteiger partial charge in [0.25, 0.3) is 5.95 Å². The Morgan fingerprint density at radius 2 is 1.93 bits per heavy atom. The fourth-order valence-electron chi connectivity index (χ4n) is 3.44. The van der Waals surface area contributed by atoms with Crippen LogP contribution in [-0.4, -0.2) is 29.8 Å². The Kier molecular flexibility index (Phi) is 4.14. The Bertz CT molecular complexity index is 1470. The lowest BCUT2D eigenvalue weighted by Gasteiger charge is -2.00. The maximum Gasteiger partial charge on any atom is 0.289 e. The van der Waals surface area contributed by atoms with Crippen LogP contribution >= 0.6 is 31.9 Å². The zero-order valence-corrected chi connectivity index (χ0v) is 18.4.